The molecular formula is C38H34O9. The van der Waals surface area contributed by atoms with E-state index in [1.54, 1.807) is 12.1 Å². The average Bonchev–Trinajstić information content (AvgIpc) is 3.10. The number of fused-ring (bicyclic) bond motifs is 1. The van der Waals surface area contributed by atoms with Crippen molar-refractivity contribution in [1.82, 2.24) is 0 Å². The van der Waals surface area contributed by atoms with Crippen molar-refractivity contribution >= 4 is 5.78 Å². The van der Waals surface area contributed by atoms with Gasteiger partial charge in [0.2, 0.25) is 11.5 Å². The number of methoxy groups -OCH3 is 1. The van der Waals surface area contributed by atoms with Crippen molar-refractivity contribution in [2.24, 2.45) is 0 Å². The Kier molecular flexibility index (Phi) is 9.86. The van der Waals surface area contributed by atoms with Crippen LogP contribution >= 0.6 is 0 Å². The van der Waals surface area contributed by atoms with E-state index in [4.69, 9.17) is 28.4 Å². The van der Waals surface area contributed by atoms with Crippen LogP contribution in [0.3, 0.4) is 0 Å². The number of aliphatic hydroxyl groups excluding tert-OH is 1. The van der Waals surface area contributed by atoms with Gasteiger partial charge in [0.05, 0.1) is 0 Å². The zero-order valence-corrected chi connectivity index (χ0v) is 25.7. The third-order valence-electron chi connectivity index (χ3n) is 7.53. The summed E-state index contributed by atoms with van der Waals surface area (Å²) in [5, 5.41) is 21.9. The zero-order valence-electron chi connectivity index (χ0n) is 25.7. The van der Waals surface area contributed by atoms with Crippen molar-refractivity contribution < 1.29 is 43.4 Å². The van der Waals surface area contributed by atoms with Crippen molar-refractivity contribution in [3.05, 3.63) is 143 Å². The molecule has 9 nitrogen and oxygen atoms in total. The standard InChI is InChI=1S/C38H34O9/c1-42-24-46-29-19-30(39)34-31(20-29)47-37(36(41)35(34)40)28-17-32(43-21-25-11-5-2-6-12-25)38(45-23-27-15-9-4-10-16-27)33(18-28)44-22-26-13-7-3-8-14-26/h2-20,36-37,39,41H,21-24H2,1H3. The Hall–Kier alpha value is -5.51. The van der Waals surface area contributed by atoms with Crippen molar-refractivity contribution in [1.29, 1.82) is 0 Å². The number of aromatic hydroxyl groups is 1. The minimum Gasteiger partial charge on any atom is -0.507 e. The predicted molar refractivity (Wildman–Crippen MR) is 173 cm³/mol. The van der Waals surface area contributed by atoms with Gasteiger partial charge in [0.25, 0.3) is 0 Å². The molecule has 2 atom stereocenters. The highest BCUT2D eigenvalue weighted by molar-refractivity contribution is 6.05. The molecule has 0 aromatic heterocycles. The lowest BCUT2D eigenvalue weighted by molar-refractivity contribution is 0.0202. The van der Waals surface area contributed by atoms with Crippen LogP contribution in [0.4, 0.5) is 0 Å². The van der Waals surface area contributed by atoms with Crippen LogP contribution in [0.15, 0.2) is 115 Å². The smallest absolute Gasteiger partial charge is 0.203 e. The van der Waals surface area contributed by atoms with Gasteiger partial charge in [0.15, 0.2) is 30.5 Å². The second kappa shape index (κ2) is 14.7. The normalized spacial score (nSPS) is 15.3. The molecule has 5 aromatic carbocycles. The number of carbonyl (C=O) groups excluding carboxylic acids is 1. The lowest BCUT2D eigenvalue weighted by Crippen LogP contribution is -2.36. The maximum atomic E-state index is 13.4. The fourth-order valence-corrected chi connectivity index (χ4v) is 5.18. The molecule has 0 fully saturated rings. The first-order valence-electron chi connectivity index (χ1n) is 15.1. The fraction of sp³-hybridized carbons (Fsp3) is 0.184. The maximum Gasteiger partial charge on any atom is 0.203 e. The lowest BCUT2D eigenvalue weighted by atomic mass is 9.92. The lowest BCUT2D eigenvalue weighted by Gasteiger charge is -2.31. The van der Waals surface area contributed by atoms with E-state index in [0.29, 0.717) is 22.8 Å². The quantitative estimate of drug-likeness (QED) is 0.135. The van der Waals surface area contributed by atoms with Gasteiger partial charge < -0.3 is 38.6 Å². The molecule has 9 heteroatoms. The van der Waals surface area contributed by atoms with Crippen LogP contribution in [0.1, 0.15) is 38.7 Å². The Labute approximate surface area is 272 Å². The van der Waals surface area contributed by atoms with E-state index in [-0.39, 0.29) is 49.4 Å². The number of hydrogen-bond acceptors (Lipinski definition) is 9. The SMILES string of the molecule is COCOc1cc(O)c2c(c1)OC(c1cc(OCc3ccccc3)c(OCc3ccccc3)c(OCc3ccccc3)c1)C(O)C2=O. The van der Waals surface area contributed by atoms with E-state index in [9.17, 15) is 15.0 Å². The number of phenols is 1. The van der Waals surface area contributed by atoms with E-state index in [1.807, 2.05) is 91.0 Å². The molecule has 1 aliphatic rings. The van der Waals surface area contributed by atoms with Gasteiger partial charge in [0, 0.05) is 24.8 Å². The molecule has 0 saturated carbocycles. The first-order chi connectivity index (χ1) is 23.0. The summed E-state index contributed by atoms with van der Waals surface area (Å²) in [7, 11) is 1.47. The molecule has 6 rings (SSSR count). The molecular weight excluding hydrogens is 600 g/mol. The zero-order chi connectivity index (χ0) is 32.6. The molecule has 0 radical (unpaired) electrons. The maximum absolute atomic E-state index is 13.4. The molecule has 0 amide bonds. The van der Waals surface area contributed by atoms with Crippen LogP contribution in [0.5, 0.6) is 34.5 Å². The second-order valence-corrected chi connectivity index (χ2v) is 10.9. The minimum absolute atomic E-state index is 0.0549. The molecule has 2 unspecified atom stereocenters. The minimum atomic E-state index is -1.64. The van der Waals surface area contributed by atoms with Crippen LogP contribution < -0.4 is 23.7 Å². The molecule has 0 spiro atoms. The summed E-state index contributed by atoms with van der Waals surface area (Å²) in [4.78, 5) is 13.4. The van der Waals surface area contributed by atoms with Crippen LogP contribution in [0.25, 0.3) is 0 Å². The Morgan fingerprint density at radius 2 is 1.19 bits per heavy atom. The number of Topliss-reactive ketones (excluding diaryl/α,β-unsaturated/α-hetero) is 1. The first-order valence-corrected chi connectivity index (χ1v) is 15.1. The van der Waals surface area contributed by atoms with Crippen LogP contribution in [-0.2, 0) is 24.6 Å². The number of ether oxygens (including phenoxy) is 6. The van der Waals surface area contributed by atoms with Crippen molar-refractivity contribution in [3.63, 3.8) is 0 Å². The number of carbonyl (C=O) groups is 1. The summed E-state index contributed by atoms with van der Waals surface area (Å²) >= 11 is 0. The molecule has 47 heavy (non-hydrogen) atoms. The molecule has 240 valence electrons. The first kappa shape index (κ1) is 31.5. The molecule has 2 N–H and O–H groups in total. The summed E-state index contributed by atoms with van der Waals surface area (Å²) in [6, 6.07) is 35.1. The highest BCUT2D eigenvalue weighted by Crippen LogP contribution is 2.46. The van der Waals surface area contributed by atoms with E-state index in [0.717, 1.165) is 16.7 Å². The molecule has 1 heterocycles. The highest BCUT2D eigenvalue weighted by Gasteiger charge is 2.40. The monoisotopic (exact) mass is 634 g/mol. The average molecular weight is 635 g/mol. The van der Waals surface area contributed by atoms with Gasteiger partial charge in [-0.15, -0.1) is 0 Å². The van der Waals surface area contributed by atoms with Gasteiger partial charge in [-0.25, -0.2) is 0 Å². The summed E-state index contributed by atoms with van der Waals surface area (Å²) < 4.78 is 35.7. The van der Waals surface area contributed by atoms with E-state index in [2.05, 4.69) is 0 Å². The van der Waals surface area contributed by atoms with Gasteiger partial charge in [-0.3, -0.25) is 4.79 Å². The topological polar surface area (TPSA) is 113 Å². The second-order valence-electron chi connectivity index (χ2n) is 10.9. The van der Waals surface area contributed by atoms with E-state index < -0.39 is 18.0 Å². The number of benzene rings is 5. The van der Waals surface area contributed by atoms with Gasteiger partial charge in [-0.2, -0.15) is 0 Å². The van der Waals surface area contributed by atoms with Crippen molar-refractivity contribution in [2.75, 3.05) is 13.9 Å². The number of rotatable bonds is 13. The summed E-state index contributed by atoms with van der Waals surface area (Å²) in [6.07, 6.45) is -2.81. The van der Waals surface area contributed by atoms with Gasteiger partial charge in [-0.05, 0) is 28.8 Å². The molecule has 5 aromatic rings. The van der Waals surface area contributed by atoms with Gasteiger partial charge in [-0.1, -0.05) is 91.0 Å². The Morgan fingerprint density at radius 1 is 0.681 bits per heavy atom. The highest BCUT2D eigenvalue weighted by atomic mass is 16.7. The predicted octanol–water partition coefficient (Wildman–Crippen LogP) is 6.79. The van der Waals surface area contributed by atoms with Crippen molar-refractivity contribution in [3.8, 4) is 34.5 Å². The molecule has 0 bridgehead atoms. The summed E-state index contributed by atoms with van der Waals surface area (Å²) in [6.45, 7) is 0.594. The Morgan fingerprint density at radius 3 is 1.70 bits per heavy atom. The molecule has 1 aliphatic heterocycles. The fourth-order valence-electron chi connectivity index (χ4n) is 5.18. The largest absolute Gasteiger partial charge is 0.507 e. The van der Waals surface area contributed by atoms with Crippen LogP contribution in [0.2, 0.25) is 0 Å². The van der Waals surface area contributed by atoms with Crippen molar-refractivity contribution in [2.45, 2.75) is 32.0 Å². The Balaban J connectivity index is 1.41. The number of phenolic OH excluding ortho intramolecular Hbond substituents is 1. The molecule has 0 aliphatic carbocycles. The number of ketones is 1. The number of aliphatic hydroxyl groups is 1. The third kappa shape index (κ3) is 7.49. The Bertz CT molecular complexity index is 1730. The van der Waals surface area contributed by atoms with Gasteiger partial charge >= 0.3 is 0 Å². The van der Waals surface area contributed by atoms with Crippen LogP contribution in [0, 0.1) is 0 Å². The summed E-state index contributed by atoms with van der Waals surface area (Å²) in [5.41, 5.74) is 3.06. The number of hydrogen-bond donors (Lipinski definition) is 2. The van der Waals surface area contributed by atoms with Gasteiger partial charge in [0.1, 0.15) is 42.6 Å². The van der Waals surface area contributed by atoms with E-state index >= 15 is 0 Å². The van der Waals surface area contributed by atoms with E-state index in [1.165, 1.54) is 19.2 Å². The summed E-state index contributed by atoms with van der Waals surface area (Å²) in [5.74, 6) is 0.233. The van der Waals surface area contributed by atoms with Crippen LogP contribution in [-0.4, -0.2) is 36.0 Å². The third-order valence-corrected chi connectivity index (χ3v) is 7.53. The molecule has 0 saturated heterocycles.